The molecule has 0 aliphatic rings. The first kappa shape index (κ1) is 107. The lowest BCUT2D eigenvalue weighted by Gasteiger charge is -2.21. The summed E-state index contributed by atoms with van der Waals surface area (Å²) >= 11 is 0. The summed E-state index contributed by atoms with van der Waals surface area (Å²) in [7, 11) is -9.93. The number of hydrogen-bond acceptors (Lipinski definition) is 15. The molecule has 0 aromatic rings. The second-order valence-electron chi connectivity index (χ2n) is 33.3. The van der Waals surface area contributed by atoms with Gasteiger partial charge in [-0.25, -0.2) is 9.13 Å². The number of ether oxygens (including phenoxy) is 4. The van der Waals surface area contributed by atoms with Crippen molar-refractivity contribution in [3.05, 3.63) is 0 Å². The van der Waals surface area contributed by atoms with Gasteiger partial charge in [-0.3, -0.25) is 37.3 Å². The molecule has 0 amide bonds. The lowest BCUT2D eigenvalue weighted by Crippen LogP contribution is -2.30. The minimum atomic E-state index is -4.97. The Bertz CT molecular complexity index is 2080. The van der Waals surface area contributed by atoms with Crippen LogP contribution in [0.2, 0.25) is 0 Å². The Labute approximate surface area is 670 Å². The maximum Gasteiger partial charge on any atom is 0.472 e. The van der Waals surface area contributed by atoms with E-state index in [0.717, 1.165) is 102 Å². The van der Waals surface area contributed by atoms with Gasteiger partial charge < -0.3 is 33.8 Å². The first-order chi connectivity index (χ1) is 52.9. The summed E-state index contributed by atoms with van der Waals surface area (Å²) in [4.78, 5) is 73.4. The smallest absolute Gasteiger partial charge is 0.462 e. The number of esters is 4. The third-order valence-corrected chi connectivity index (χ3v) is 23.1. The molecule has 3 N–H and O–H groups in total. The van der Waals surface area contributed by atoms with Crippen molar-refractivity contribution in [1.82, 2.24) is 0 Å². The van der Waals surface area contributed by atoms with Crippen LogP contribution in [0.3, 0.4) is 0 Å². The van der Waals surface area contributed by atoms with E-state index in [-0.39, 0.29) is 25.7 Å². The van der Waals surface area contributed by atoms with Crippen molar-refractivity contribution in [2.24, 2.45) is 11.8 Å². The number of hydrogen-bond donors (Lipinski definition) is 3. The van der Waals surface area contributed by atoms with E-state index >= 15 is 0 Å². The van der Waals surface area contributed by atoms with Gasteiger partial charge in [0.05, 0.1) is 26.4 Å². The number of unbranched alkanes of at least 4 members (excludes halogenated alkanes) is 59. The summed E-state index contributed by atoms with van der Waals surface area (Å²) in [5.74, 6) is -0.559. The van der Waals surface area contributed by atoms with Gasteiger partial charge in [-0.2, -0.15) is 0 Å². The van der Waals surface area contributed by atoms with Gasteiger partial charge in [0.15, 0.2) is 12.2 Å². The highest BCUT2D eigenvalue weighted by Gasteiger charge is 2.31. The number of carbonyl (C=O) groups is 4. The van der Waals surface area contributed by atoms with Crippen molar-refractivity contribution in [3.63, 3.8) is 0 Å². The summed E-state index contributed by atoms with van der Waals surface area (Å²) in [5.41, 5.74) is 0. The summed E-state index contributed by atoms with van der Waals surface area (Å²) in [5, 5.41) is 10.7. The van der Waals surface area contributed by atoms with Crippen LogP contribution >= 0.6 is 15.6 Å². The maximum atomic E-state index is 13.2. The van der Waals surface area contributed by atoms with Gasteiger partial charge in [0.2, 0.25) is 0 Å². The Morgan fingerprint density at radius 1 is 0.248 bits per heavy atom. The van der Waals surface area contributed by atoms with E-state index in [4.69, 9.17) is 37.0 Å². The van der Waals surface area contributed by atoms with Crippen LogP contribution in [0.5, 0.6) is 0 Å². The molecule has 0 saturated heterocycles. The molecule has 0 spiro atoms. The fourth-order valence-corrected chi connectivity index (χ4v) is 15.7. The van der Waals surface area contributed by atoms with Crippen molar-refractivity contribution >= 4 is 39.5 Å². The first-order valence-corrected chi connectivity index (χ1v) is 49.5. The molecular formula is C90H176O17P2. The zero-order chi connectivity index (χ0) is 79.9. The van der Waals surface area contributed by atoms with E-state index in [9.17, 15) is 43.2 Å². The van der Waals surface area contributed by atoms with Gasteiger partial charge in [0.25, 0.3) is 0 Å². The van der Waals surface area contributed by atoms with Crippen molar-refractivity contribution < 1.29 is 80.2 Å². The highest BCUT2D eigenvalue weighted by atomic mass is 31.2. The number of rotatable bonds is 89. The van der Waals surface area contributed by atoms with Crippen LogP contribution in [0, 0.1) is 11.8 Å². The van der Waals surface area contributed by atoms with Crippen molar-refractivity contribution in [2.75, 3.05) is 39.6 Å². The summed E-state index contributed by atoms with van der Waals surface area (Å²) < 4.78 is 69.0. The molecule has 0 radical (unpaired) electrons. The highest BCUT2D eigenvalue weighted by molar-refractivity contribution is 7.47. The number of phosphoric ester groups is 2. The van der Waals surface area contributed by atoms with E-state index in [0.29, 0.717) is 25.7 Å². The van der Waals surface area contributed by atoms with Gasteiger partial charge >= 0.3 is 39.5 Å². The standard InChI is InChI=1S/C90H176O17P2/c1-7-9-11-13-15-17-19-21-23-25-27-28-29-31-37-41-45-49-57-63-69-74-89(94)106-85(78-100-87(92)72-66-60-54-47-43-39-35-33-32-34-38-42-46-52-58-64-70-82(3)4)80-104-108(96,97)102-76-84(91)77-103-109(98,99)105-81-86(79-101-88(93)73-67-61-55-51-50-53-59-65-71-83(5)6)107-90(95)75-68-62-56-48-44-40-36-30-26-24-22-20-18-16-14-12-10-8-2/h82-86,91H,7-81H2,1-6H3,(H,96,97)(H,98,99)/t84-,85-,86-/m1/s1. The predicted octanol–water partition coefficient (Wildman–Crippen LogP) is 27.8. The van der Waals surface area contributed by atoms with Gasteiger partial charge in [0.1, 0.15) is 19.3 Å². The van der Waals surface area contributed by atoms with Gasteiger partial charge in [-0.05, 0) is 37.5 Å². The normalized spacial score (nSPS) is 13.8. The Kier molecular flexibility index (Phi) is 79.8. The Morgan fingerprint density at radius 3 is 0.624 bits per heavy atom. The average molecular weight is 1590 g/mol. The molecule has 0 aliphatic carbocycles. The number of aliphatic hydroxyl groups is 1. The molecule has 0 aromatic carbocycles. The lowest BCUT2D eigenvalue weighted by atomic mass is 10.0. The summed E-state index contributed by atoms with van der Waals surface area (Å²) in [6, 6.07) is 0. The van der Waals surface area contributed by atoms with E-state index in [1.54, 1.807) is 0 Å². The molecule has 19 heteroatoms. The molecule has 0 aliphatic heterocycles. The van der Waals surface area contributed by atoms with Crippen molar-refractivity contribution in [3.8, 4) is 0 Å². The van der Waals surface area contributed by atoms with Gasteiger partial charge in [-0.1, -0.05) is 433 Å². The van der Waals surface area contributed by atoms with E-state index < -0.39 is 97.5 Å². The molecular weight excluding hydrogens is 1410 g/mol. The van der Waals surface area contributed by atoms with Crippen LogP contribution in [0.1, 0.15) is 485 Å². The van der Waals surface area contributed by atoms with Crippen LogP contribution in [0.4, 0.5) is 0 Å². The molecule has 0 heterocycles. The largest absolute Gasteiger partial charge is 0.472 e. The summed E-state index contributed by atoms with van der Waals surface area (Å²) in [6.45, 7) is 9.70. The Morgan fingerprint density at radius 2 is 0.422 bits per heavy atom. The fraction of sp³-hybridized carbons (Fsp3) is 0.956. The van der Waals surface area contributed by atoms with Crippen LogP contribution < -0.4 is 0 Å². The number of phosphoric acid groups is 2. The zero-order valence-corrected chi connectivity index (χ0v) is 73.7. The summed E-state index contributed by atoms with van der Waals surface area (Å²) in [6.07, 6.45) is 75.1. The topological polar surface area (TPSA) is 237 Å². The predicted molar refractivity (Wildman–Crippen MR) is 451 cm³/mol. The van der Waals surface area contributed by atoms with Gasteiger partial charge in [-0.15, -0.1) is 0 Å². The molecule has 0 bridgehead atoms. The minimum absolute atomic E-state index is 0.108. The maximum absolute atomic E-state index is 13.2. The molecule has 109 heavy (non-hydrogen) atoms. The molecule has 5 atom stereocenters. The van der Waals surface area contributed by atoms with E-state index in [1.807, 2.05) is 0 Å². The van der Waals surface area contributed by atoms with Crippen LogP contribution in [-0.2, 0) is 65.4 Å². The molecule has 0 saturated carbocycles. The molecule has 0 rings (SSSR count). The monoisotopic (exact) mass is 1590 g/mol. The highest BCUT2D eigenvalue weighted by Crippen LogP contribution is 2.45. The first-order valence-electron chi connectivity index (χ1n) is 46.5. The third-order valence-electron chi connectivity index (χ3n) is 21.2. The molecule has 0 aromatic heterocycles. The lowest BCUT2D eigenvalue weighted by molar-refractivity contribution is -0.161. The zero-order valence-electron chi connectivity index (χ0n) is 71.9. The van der Waals surface area contributed by atoms with Gasteiger partial charge in [0, 0.05) is 25.7 Å². The number of carbonyl (C=O) groups excluding carboxylic acids is 4. The second-order valence-corrected chi connectivity index (χ2v) is 36.2. The van der Waals surface area contributed by atoms with Crippen LogP contribution in [-0.4, -0.2) is 96.7 Å². The van der Waals surface area contributed by atoms with Crippen molar-refractivity contribution in [1.29, 1.82) is 0 Å². The molecule has 648 valence electrons. The van der Waals surface area contributed by atoms with E-state index in [1.165, 1.54) is 302 Å². The quantitative estimate of drug-likeness (QED) is 0.0222. The molecule has 2 unspecified atom stereocenters. The van der Waals surface area contributed by atoms with Crippen LogP contribution in [0.25, 0.3) is 0 Å². The Balaban J connectivity index is 5.23. The second kappa shape index (κ2) is 81.2. The fourth-order valence-electron chi connectivity index (χ4n) is 14.1. The van der Waals surface area contributed by atoms with E-state index in [2.05, 4.69) is 41.5 Å². The number of aliphatic hydroxyl groups excluding tert-OH is 1. The molecule has 17 nitrogen and oxygen atoms in total. The third kappa shape index (κ3) is 83.8. The average Bonchev–Trinajstić information content (AvgIpc) is 0.901. The Hall–Kier alpha value is -1.94. The van der Waals surface area contributed by atoms with Crippen molar-refractivity contribution in [2.45, 2.75) is 503 Å². The SMILES string of the molecule is CCCCCCCCCCCCCCCCCCCCCCCC(=O)O[C@H](COC(=O)CCCCCCCCCCCCCCCCCCC(C)C)COP(=O)(O)OC[C@@H](O)COP(=O)(O)OC[C@@H](COC(=O)CCCCCCCCCCC(C)C)OC(=O)CCCCCCCCCCCCCCCCCCCC. The molecule has 0 fully saturated rings. The van der Waals surface area contributed by atoms with Crippen LogP contribution in [0.15, 0.2) is 0 Å². The minimum Gasteiger partial charge on any atom is -0.462 e.